The third-order valence-electron chi connectivity index (χ3n) is 6.14. The van der Waals surface area contributed by atoms with Crippen LogP contribution in [0.2, 0.25) is 0 Å². The zero-order valence-electron chi connectivity index (χ0n) is 17.4. The number of nitrogens with two attached hydrogens (primary N) is 1. The molecule has 3 aliphatic rings. The van der Waals surface area contributed by atoms with E-state index in [0.29, 0.717) is 0 Å². The minimum Gasteiger partial charge on any atom is -0.370 e. The van der Waals surface area contributed by atoms with Crippen molar-refractivity contribution in [2.75, 3.05) is 30.0 Å². The fourth-order valence-electron chi connectivity index (χ4n) is 4.22. The van der Waals surface area contributed by atoms with Crippen LogP contribution >= 0.6 is 0 Å². The Morgan fingerprint density at radius 2 is 1.88 bits per heavy atom. The summed E-state index contributed by atoms with van der Waals surface area (Å²) >= 11 is 0. The summed E-state index contributed by atoms with van der Waals surface area (Å²) in [5.74, 6) is -2.21. The molecular formula is C21H25F3N4O4. The molecule has 3 fully saturated rings. The lowest BCUT2D eigenvalue weighted by atomic mass is 9.89. The van der Waals surface area contributed by atoms with Crippen molar-refractivity contribution >= 4 is 29.1 Å². The summed E-state index contributed by atoms with van der Waals surface area (Å²) in [5, 5.41) is 2.28. The number of halogens is 3. The van der Waals surface area contributed by atoms with Crippen molar-refractivity contribution < 1.29 is 32.3 Å². The van der Waals surface area contributed by atoms with Crippen molar-refractivity contribution in [3.05, 3.63) is 23.8 Å². The van der Waals surface area contributed by atoms with E-state index in [-0.39, 0.29) is 37.5 Å². The van der Waals surface area contributed by atoms with Gasteiger partial charge in [0.2, 0.25) is 5.91 Å². The highest BCUT2D eigenvalue weighted by atomic mass is 19.4. The number of ether oxygens (including phenoxy) is 1. The molecule has 0 bridgehead atoms. The van der Waals surface area contributed by atoms with Gasteiger partial charge in [0.05, 0.1) is 17.9 Å². The molecule has 2 saturated carbocycles. The molecule has 1 saturated heterocycles. The molecule has 1 atom stereocenters. The number of rotatable bonds is 7. The summed E-state index contributed by atoms with van der Waals surface area (Å²) in [4.78, 5) is 40.2. The van der Waals surface area contributed by atoms with Crippen LogP contribution in [-0.2, 0) is 25.3 Å². The first-order valence-electron chi connectivity index (χ1n) is 10.6. The molecule has 0 spiro atoms. The quantitative estimate of drug-likeness (QED) is 0.612. The zero-order valence-corrected chi connectivity index (χ0v) is 17.4. The average molecular weight is 454 g/mol. The molecule has 1 aromatic rings. The van der Waals surface area contributed by atoms with Gasteiger partial charge in [0.25, 0.3) is 11.8 Å². The van der Waals surface area contributed by atoms with Crippen LogP contribution in [0, 0.1) is 0 Å². The van der Waals surface area contributed by atoms with Crippen LogP contribution in [0.3, 0.4) is 0 Å². The fraction of sp³-hybridized carbons (Fsp3) is 0.571. The first kappa shape index (κ1) is 22.5. The molecule has 2 aliphatic carbocycles. The van der Waals surface area contributed by atoms with E-state index in [2.05, 4.69) is 5.32 Å². The number of nitrogens with one attached hydrogen (secondary N) is 1. The largest absolute Gasteiger partial charge is 0.418 e. The molecular weight excluding hydrogens is 429 g/mol. The fourth-order valence-corrected chi connectivity index (χ4v) is 4.22. The maximum Gasteiger partial charge on any atom is 0.418 e. The van der Waals surface area contributed by atoms with Crippen molar-refractivity contribution in [2.24, 2.45) is 5.73 Å². The number of anilines is 2. The summed E-state index contributed by atoms with van der Waals surface area (Å²) in [6.07, 6.45) is -0.526. The summed E-state index contributed by atoms with van der Waals surface area (Å²) < 4.78 is 46.4. The number of alkyl halides is 3. The number of hydrogen-bond donors (Lipinski definition) is 2. The summed E-state index contributed by atoms with van der Waals surface area (Å²) in [6.45, 7) is 0.131. The Balaban J connectivity index is 1.61. The van der Waals surface area contributed by atoms with Crippen LogP contribution in [0.15, 0.2) is 18.2 Å². The predicted octanol–water partition coefficient (Wildman–Crippen LogP) is 1.88. The van der Waals surface area contributed by atoms with Gasteiger partial charge in [-0.2, -0.15) is 13.2 Å². The molecule has 174 valence electrons. The van der Waals surface area contributed by atoms with Gasteiger partial charge < -0.3 is 20.7 Å². The van der Waals surface area contributed by atoms with Crippen molar-refractivity contribution in [2.45, 2.75) is 56.4 Å². The van der Waals surface area contributed by atoms with Crippen LogP contribution in [-0.4, -0.2) is 60.5 Å². The molecule has 8 nitrogen and oxygen atoms in total. The third-order valence-corrected chi connectivity index (χ3v) is 6.14. The topological polar surface area (TPSA) is 105 Å². The predicted molar refractivity (Wildman–Crippen MR) is 109 cm³/mol. The minimum absolute atomic E-state index is 0.0301. The Kier molecular flexibility index (Phi) is 6.13. The second kappa shape index (κ2) is 8.70. The Morgan fingerprint density at radius 3 is 2.41 bits per heavy atom. The van der Waals surface area contributed by atoms with Gasteiger partial charge in [-0.15, -0.1) is 0 Å². The van der Waals surface area contributed by atoms with Gasteiger partial charge in [-0.25, -0.2) is 0 Å². The Hall–Kier alpha value is -2.66. The van der Waals surface area contributed by atoms with Crippen LogP contribution < -0.4 is 16.0 Å². The normalized spacial score (nSPS) is 20.8. The average Bonchev–Trinajstić information content (AvgIpc) is 3.51. The van der Waals surface area contributed by atoms with E-state index in [1.807, 2.05) is 0 Å². The van der Waals surface area contributed by atoms with Gasteiger partial charge in [0.15, 0.2) is 6.04 Å². The highest BCUT2D eigenvalue weighted by molar-refractivity contribution is 6.10. The van der Waals surface area contributed by atoms with Gasteiger partial charge in [0.1, 0.15) is 6.61 Å². The zero-order chi connectivity index (χ0) is 23.0. The third kappa shape index (κ3) is 4.58. The van der Waals surface area contributed by atoms with Crippen molar-refractivity contribution in [1.82, 2.24) is 4.90 Å². The number of primary amides is 1. The van der Waals surface area contributed by atoms with Crippen molar-refractivity contribution in [3.63, 3.8) is 0 Å². The molecule has 0 radical (unpaired) electrons. The lowest BCUT2D eigenvalue weighted by Crippen LogP contribution is -2.58. The molecule has 0 unspecified atom stereocenters. The number of morpholine rings is 1. The van der Waals surface area contributed by atoms with Crippen molar-refractivity contribution in [3.8, 4) is 0 Å². The number of benzene rings is 1. The van der Waals surface area contributed by atoms with Crippen LogP contribution in [0.25, 0.3) is 0 Å². The smallest absolute Gasteiger partial charge is 0.370 e. The molecule has 11 heteroatoms. The number of amides is 3. The van der Waals surface area contributed by atoms with E-state index in [4.69, 9.17) is 10.5 Å². The van der Waals surface area contributed by atoms with Crippen molar-refractivity contribution in [1.29, 1.82) is 0 Å². The van der Waals surface area contributed by atoms with Crippen LogP contribution in [0.1, 0.15) is 37.7 Å². The van der Waals surface area contributed by atoms with Crippen LogP contribution in [0.5, 0.6) is 0 Å². The molecule has 32 heavy (non-hydrogen) atoms. The monoisotopic (exact) mass is 454 g/mol. The second-order valence-corrected chi connectivity index (χ2v) is 8.38. The first-order chi connectivity index (χ1) is 15.2. The van der Waals surface area contributed by atoms with Gasteiger partial charge in [-0.3, -0.25) is 19.3 Å². The van der Waals surface area contributed by atoms with Gasteiger partial charge >= 0.3 is 6.18 Å². The lowest BCUT2D eigenvalue weighted by molar-refractivity contribution is -0.137. The van der Waals surface area contributed by atoms with Crippen LogP contribution in [0.4, 0.5) is 24.5 Å². The molecule has 0 aromatic heterocycles. The standard InChI is InChI=1S/C21H25F3N4O4/c22-21(23,24)15-10-14(27-8-9-32-11-17(27)29)6-7-16(15)26-20(31)18(19(25)30)28(13-4-5-13)12-2-1-3-12/h6-7,10,12-13,18H,1-5,8-9,11H2,(H2,25,30)(H,26,31)/t18-/m1/s1. The lowest BCUT2D eigenvalue weighted by Gasteiger charge is -2.41. The van der Waals surface area contributed by atoms with Gasteiger partial charge in [-0.1, -0.05) is 6.42 Å². The maximum atomic E-state index is 13.8. The SMILES string of the molecule is NC(=O)[C@H](C(=O)Nc1ccc(N2CCOCC2=O)cc1C(F)(F)F)N(C1CCC1)C1CC1. The molecule has 4 rings (SSSR count). The first-order valence-corrected chi connectivity index (χ1v) is 10.6. The van der Waals surface area contributed by atoms with Gasteiger partial charge in [-0.05, 0) is 43.9 Å². The van der Waals surface area contributed by atoms with E-state index in [0.717, 1.165) is 44.2 Å². The van der Waals surface area contributed by atoms with E-state index in [9.17, 15) is 27.6 Å². The molecule has 1 aromatic carbocycles. The molecule has 3 N–H and O–H groups in total. The number of carbonyl (C=O) groups excluding carboxylic acids is 3. The molecule has 1 aliphatic heterocycles. The summed E-state index contributed by atoms with van der Waals surface area (Å²) in [5.41, 5.74) is 3.99. The van der Waals surface area contributed by atoms with E-state index < -0.39 is 41.2 Å². The Bertz CT molecular complexity index is 915. The van der Waals surface area contributed by atoms with Gasteiger partial charge in [0, 0.05) is 24.3 Å². The Morgan fingerprint density at radius 1 is 1.19 bits per heavy atom. The van der Waals surface area contributed by atoms with E-state index >= 15 is 0 Å². The minimum atomic E-state index is -4.79. The number of hydrogen-bond acceptors (Lipinski definition) is 5. The van der Waals surface area contributed by atoms with E-state index in [1.54, 1.807) is 4.90 Å². The highest BCUT2D eigenvalue weighted by Gasteiger charge is 2.46. The van der Waals surface area contributed by atoms with E-state index in [1.165, 1.54) is 11.0 Å². The second-order valence-electron chi connectivity index (χ2n) is 8.38. The maximum absolute atomic E-state index is 13.8. The number of nitrogens with zero attached hydrogens (tertiary/aromatic N) is 2. The highest BCUT2D eigenvalue weighted by Crippen LogP contribution is 2.39. The number of carbonyl (C=O) groups is 3. The summed E-state index contributed by atoms with van der Waals surface area (Å²) in [6, 6.07) is 1.99. The molecule has 1 heterocycles. The summed E-state index contributed by atoms with van der Waals surface area (Å²) in [7, 11) is 0. The molecule has 3 amide bonds. The Labute approximate surface area is 182 Å².